The number of carbonyl (C=O) groups is 1. The monoisotopic (exact) mass is 347 g/mol. The summed E-state index contributed by atoms with van der Waals surface area (Å²) in [5.74, 6) is 1.07. The fraction of sp³-hybridized carbons (Fsp3) is 0.462. The molecular formula is C13H18BrNO3S. The van der Waals surface area contributed by atoms with Crippen molar-refractivity contribution in [2.45, 2.75) is 19.4 Å². The van der Waals surface area contributed by atoms with E-state index in [0.29, 0.717) is 24.5 Å². The third-order valence-corrected chi connectivity index (χ3v) is 3.94. The van der Waals surface area contributed by atoms with Crippen molar-refractivity contribution < 1.29 is 13.7 Å². The topological polar surface area (TPSA) is 55.4 Å². The second-order valence-electron chi connectivity index (χ2n) is 4.11. The van der Waals surface area contributed by atoms with Crippen LogP contribution in [0, 0.1) is 0 Å². The molecule has 2 atom stereocenters. The molecule has 0 saturated carbocycles. The Labute approximate surface area is 124 Å². The number of carbonyl (C=O) groups excluding carboxylic acids is 1. The van der Waals surface area contributed by atoms with Gasteiger partial charge < -0.3 is 10.1 Å². The molecule has 4 nitrogen and oxygen atoms in total. The Bertz CT molecular complexity index is 453. The quantitative estimate of drug-likeness (QED) is 0.768. The highest BCUT2D eigenvalue weighted by atomic mass is 79.9. The van der Waals surface area contributed by atoms with Crippen LogP contribution in [0.3, 0.4) is 0 Å². The molecule has 0 unspecified atom stereocenters. The number of para-hydroxylation sites is 1. The normalized spacial score (nSPS) is 13.6. The third kappa shape index (κ3) is 6.20. The zero-order valence-corrected chi connectivity index (χ0v) is 13.4. The first-order valence-electron chi connectivity index (χ1n) is 5.99. The second-order valence-corrected chi connectivity index (χ2v) is 6.52. The summed E-state index contributed by atoms with van der Waals surface area (Å²) in [4.78, 5) is 11.8. The van der Waals surface area contributed by atoms with Crippen LogP contribution in [0.4, 0.5) is 0 Å². The Morgan fingerprint density at radius 1 is 1.47 bits per heavy atom. The summed E-state index contributed by atoms with van der Waals surface area (Å²) in [6.45, 7) is 2.22. The van der Waals surface area contributed by atoms with Crippen molar-refractivity contribution in [3.63, 3.8) is 0 Å². The van der Waals surface area contributed by atoms with Gasteiger partial charge in [-0.2, -0.15) is 0 Å². The Hall–Kier alpha value is -0.880. The Morgan fingerprint density at radius 3 is 2.79 bits per heavy atom. The number of amides is 1. The number of rotatable bonds is 7. The summed E-state index contributed by atoms with van der Waals surface area (Å²) >= 11 is 3.36. The molecule has 106 valence electrons. The van der Waals surface area contributed by atoms with Gasteiger partial charge in [0.15, 0.2) is 6.10 Å². The zero-order chi connectivity index (χ0) is 14.3. The number of hydrogen-bond donors (Lipinski definition) is 1. The summed E-state index contributed by atoms with van der Waals surface area (Å²) in [6.07, 6.45) is 1.79. The zero-order valence-electron chi connectivity index (χ0n) is 11.0. The van der Waals surface area contributed by atoms with Gasteiger partial charge in [-0.25, -0.2) is 0 Å². The van der Waals surface area contributed by atoms with E-state index in [1.165, 1.54) is 0 Å². The molecule has 0 aromatic heterocycles. The number of halogens is 1. The SMILES string of the molecule is C[C@@H](Oc1ccccc1Br)C(=O)NCCC[S@@](C)=O. The molecule has 0 bridgehead atoms. The largest absolute Gasteiger partial charge is 0.480 e. The summed E-state index contributed by atoms with van der Waals surface area (Å²) < 4.78 is 17.3. The lowest BCUT2D eigenvalue weighted by atomic mass is 10.3. The lowest BCUT2D eigenvalue weighted by Gasteiger charge is -2.15. The van der Waals surface area contributed by atoms with Crippen LogP contribution in [0.25, 0.3) is 0 Å². The molecule has 1 amide bonds. The van der Waals surface area contributed by atoms with Crippen LogP contribution >= 0.6 is 15.9 Å². The molecule has 0 spiro atoms. The van der Waals surface area contributed by atoms with Crippen LogP contribution in [0.1, 0.15) is 13.3 Å². The summed E-state index contributed by atoms with van der Waals surface area (Å²) in [5.41, 5.74) is 0. The molecular weight excluding hydrogens is 330 g/mol. The number of nitrogens with one attached hydrogen (secondary N) is 1. The van der Waals surface area contributed by atoms with Gasteiger partial charge in [0.1, 0.15) is 5.75 Å². The van der Waals surface area contributed by atoms with Gasteiger partial charge in [0.2, 0.25) is 0 Å². The van der Waals surface area contributed by atoms with E-state index in [-0.39, 0.29) is 5.91 Å². The van der Waals surface area contributed by atoms with Gasteiger partial charge in [-0.15, -0.1) is 0 Å². The molecule has 6 heteroatoms. The second kappa shape index (κ2) is 8.32. The molecule has 0 fully saturated rings. The van der Waals surface area contributed by atoms with Crippen molar-refractivity contribution >= 4 is 32.6 Å². The summed E-state index contributed by atoms with van der Waals surface area (Å²) in [5, 5.41) is 2.76. The van der Waals surface area contributed by atoms with E-state index in [4.69, 9.17) is 4.74 Å². The van der Waals surface area contributed by atoms with Crippen molar-refractivity contribution in [1.82, 2.24) is 5.32 Å². The van der Waals surface area contributed by atoms with E-state index in [1.807, 2.05) is 18.2 Å². The van der Waals surface area contributed by atoms with Crippen LogP contribution < -0.4 is 10.1 Å². The first-order valence-corrected chi connectivity index (χ1v) is 8.51. The maximum absolute atomic E-state index is 11.8. The maximum atomic E-state index is 11.8. The minimum absolute atomic E-state index is 0.169. The molecule has 0 aliphatic rings. The molecule has 0 aliphatic heterocycles. The van der Waals surface area contributed by atoms with Gasteiger partial charge in [0, 0.05) is 29.4 Å². The highest BCUT2D eigenvalue weighted by molar-refractivity contribution is 9.10. The minimum Gasteiger partial charge on any atom is -0.480 e. The lowest BCUT2D eigenvalue weighted by molar-refractivity contribution is -0.127. The fourth-order valence-electron chi connectivity index (χ4n) is 1.42. The predicted octanol–water partition coefficient (Wildman–Crippen LogP) is 2.10. The van der Waals surface area contributed by atoms with Crippen LogP contribution in [0.5, 0.6) is 5.75 Å². The molecule has 19 heavy (non-hydrogen) atoms. The van der Waals surface area contributed by atoms with Crippen LogP contribution in [0.15, 0.2) is 28.7 Å². The van der Waals surface area contributed by atoms with Crippen LogP contribution in [-0.2, 0) is 15.6 Å². The Kier molecular flexibility index (Phi) is 7.09. The van der Waals surface area contributed by atoms with Crippen molar-refractivity contribution in [3.8, 4) is 5.75 Å². The lowest BCUT2D eigenvalue weighted by Crippen LogP contribution is -2.37. The van der Waals surface area contributed by atoms with Crippen molar-refractivity contribution in [2.75, 3.05) is 18.6 Å². The van der Waals surface area contributed by atoms with Crippen molar-refractivity contribution in [2.24, 2.45) is 0 Å². The Balaban J connectivity index is 2.37. The van der Waals surface area contributed by atoms with Gasteiger partial charge in [0.25, 0.3) is 5.91 Å². The van der Waals surface area contributed by atoms with Gasteiger partial charge in [0.05, 0.1) is 4.47 Å². The molecule has 0 saturated heterocycles. The predicted molar refractivity (Wildman–Crippen MR) is 80.8 cm³/mol. The summed E-state index contributed by atoms with van der Waals surface area (Å²) in [6, 6.07) is 7.39. The standard InChI is InChI=1S/C13H18BrNO3S/c1-10(13(16)15-8-5-9-19(2)17)18-12-7-4-3-6-11(12)14/h3-4,6-7,10H,5,8-9H2,1-2H3,(H,15,16)/t10-,19-/m1/s1. The van der Waals surface area contributed by atoms with E-state index in [2.05, 4.69) is 21.2 Å². The van der Waals surface area contributed by atoms with Crippen molar-refractivity contribution in [3.05, 3.63) is 28.7 Å². The highest BCUT2D eigenvalue weighted by Crippen LogP contribution is 2.24. The third-order valence-electron chi connectivity index (χ3n) is 2.42. The van der Waals surface area contributed by atoms with E-state index < -0.39 is 16.9 Å². The fourth-order valence-corrected chi connectivity index (χ4v) is 2.34. The number of ether oxygens (including phenoxy) is 1. The van der Waals surface area contributed by atoms with Crippen molar-refractivity contribution in [1.29, 1.82) is 0 Å². The first kappa shape index (κ1) is 16.2. The minimum atomic E-state index is -0.814. The van der Waals surface area contributed by atoms with Gasteiger partial charge in [-0.3, -0.25) is 9.00 Å². The molecule has 1 N–H and O–H groups in total. The number of hydrogen-bond acceptors (Lipinski definition) is 3. The van der Waals surface area contributed by atoms with Gasteiger partial charge >= 0.3 is 0 Å². The molecule has 0 radical (unpaired) electrons. The average molecular weight is 348 g/mol. The van der Waals surface area contributed by atoms with Crippen LogP contribution in [0.2, 0.25) is 0 Å². The first-order chi connectivity index (χ1) is 9.00. The van der Waals surface area contributed by atoms with E-state index in [1.54, 1.807) is 19.2 Å². The molecule has 1 aromatic rings. The van der Waals surface area contributed by atoms with Gasteiger partial charge in [-0.1, -0.05) is 12.1 Å². The molecule has 0 heterocycles. The molecule has 0 aliphatic carbocycles. The number of benzene rings is 1. The molecule has 1 aromatic carbocycles. The van der Waals surface area contributed by atoms with E-state index >= 15 is 0 Å². The van der Waals surface area contributed by atoms with E-state index in [0.717, 1.165) is 4.47 Å². The maximum Gasteiger partial charge on any atom is 0.260 e. The van der Waals surface area contributed by atoms with Crippen LogP contribution in [-0.4, -0.2) is 34.8 Å². The van der Waals surface area contributed by atoms with Gasteiger partial charge in [-0.05, 0) is 41.4 Å². The smallest absolute Gasteiger partial charge is 0.260 e. The Morgan fingerprint density at radius 2 is 2.16 bits per heavy atom. The molecule has 1 rings (SSSR count). The average Bonchev–Trinajstić information content (AvgIpc) is 2.36. The summed E-state index contributed by atoms with van der Waals surface area (Å²) in [7, 11) is -0.814. The highest BCUT2D eigenvalue weighted by Gasteiger charge is 2.15. The van der Waals surface area contributed by atoms with E-state index in [9.17, 15) is 9.00 Å².